The normalized spacial score (nSPS) is 28.5. The van der Waals surface area contributed by atoms with Crippen LogP contribution in [-0.2, 0) is 4.74 Å². The van der Waals surface area contributed by atoms with E-state index in [0.717, 1.165) is 33.6 Å². The number of ether oxygens (including phenoxy) is 1. The van der Waals surface area contributed by atoms with Gasteiger partial charge in [-0.3, -0.25) is 0 Å². The molecule has 0 aromatic heterocycles. The van der Waals surface area contributed by atoms with Crippen molar-refractivity contribution in [2.45, 2.75) is 32.0 Å². The van der Waals surface area contributed by atoms with E-state index < -0.39 is 0 Å². The maximum absolute atomic E-state index is 11.8. The van der Waals surface area contributed by atoms with Gasteiger partial charge in [-0.2, -0.15) is 0 Å². The Labute approximate surface area is 68.6 Å². The highest BCUT2D eigenvalue weighted by molar-refractivity contribution is 6.30. The van der Waals surface area contributed by atoms with Crippen LogP contribution in [0.2, 0.25) is 5.82 Å². The smallest absolute Gasteiger partial charge is 0.358 e. The van der Waals surface area contributed by atoms with E-state index in [1.54, 1.807) is 0 Å². The van der Waals surface area contributed by atoms with E-state index >= 15 is 0 Å². The molecule has 0 bridgehead atoms. The second-order valence-corrected chi connectivity index (χ2v) is 3.21. The molecule has 1 aliphatic carbocycles. The average molecular weight is 157 g/mol. The van der Waals surface area contributed by atoms with Crippen LogP contribution in [0.25, 0.3) is 0 Å². The summed E-state index contributed by atoms with van der Waals surface area (Å²) >= 11 is 0. The molecule has 0 N–H and O–H groups in total. The Morgan fingerprint density at radius 1 is 1.64 bits per heavy atom. The zero-order valence-electron chi connectivity index (χ0n) is 7.05. The van der Waals surface area contributed by atoms with Gasteiger partial charge in [0, 0.05) is 13.2 Å². The number of unbranched alkanes of at least 4 members (excludes halogenated alkanes) is 1. The molecule has 0 amide bonds. The fourth-order valence-corrected chi connectivity index (χ4v) is 1.10. The van der Waals surface area contributed by atoms with Crippen molar-refractivity contribution in [3.63, 3.8) is 0 Å². The van der Waals surface area contributed by atoms with Crippen LogP contribution in [-0.4, -0.2) is 20.8 Å². The van der Waals surface area contributed by atoms with E-state index in [4.69, 9.17) is 4.74 Å². The Kier molecular flexibility index (Phi) is 3.91. The second kappa shape index (κ2) is 4.76. The highest BCUT2D eigenvalue weighted by atomic mass is 19.1. The number of halogens is 1. The minimum Gasteiger partial charge on any atom is -0.381 e. The molecule has 1 radical (unpaired) electrons. The van der Waals surface area contributed by atoms with E-state index in [1.165, 1.54) is 6.42 Å². The number of rotatable bonds is 6. The molecule has 63 valence electrons. The molecule has 2 atom stereocenters. The number of hydrogen-bond donors (Lipinski definition) is 0. The van der Waals surface area contributed by atoms with Gasteiger partial charge in [0.2, 0.25) is 0 Å². The summed E-state index contributed by atoms with van der Waals surface area (Å²) in [5.74, 6) is 0.688. The fraction of sp³-hybridized carbons (Fsp3) is 1.00. The van der Waals surface area contributed by atoms with Crippen molar-refractivity contribution in [2.24, 2.45) is 5.92 Å². The first kappa shape index (κ1) is 9.05. The molecule has 1 aliphatic rings. The van der Waals surface area contributed by atoms with Crippen LogP contribution in [0, 0.1) is 5.92 Å². The molecule has 0 heterocycles. The first-order valence-corrected chi connectivity index (χ1v) is 4.39. The predicted octanol–water partition coefficient (Wildman–Crippen LogP) is 2.20. The van der Waals surface area contributed by atoms with Gasteiger partial charge in [0.05, 0.1) is 0 Å². The van der Waals surface area contributed by atoms with Crippen molar-refractivity contribution in [3.05, 3.63) is 0 Å². The molecule has 0 aliphatic heterocycles. The molecule has 1 rings (SSSR count). The maximum atomic E-state index is 11.8. The van der Waals surface area contributed by atoms with Crippen molar-refractivity contribution in [3.8, 4) is 0 Å². The van der Waals surface area contributed by atoms with Gasteiger partial charge in [-0.15, -0.1) is 0 Å². The first-order chi connectivity index (χ1) is 5.38. The minimum absolute atomic E-state index is 0.205. The summed E-state index contributed by atoms with van der Waals surface area (Å²) in [6.07, 6.45) is 3.28. The van der Waals surface area contributed by atoms with Crippen LogP contribution < -0.4 is 0 Å². The predicted molar refractivity (Wildman–Crippen MR) is 44.4 cm³/mol. The molecule has 1 fully saturated rings. The van der Waals surface area contributed by atoms with Gasteiger partial charge >= 0.3 is 7.56 Å². The fourth-order valence-electron chi connectivity index (χ4n) is 1.10. The molecule has 0 spiro atoms. The van der Waals surface area contributed by atoms with Crippen molar-refractivity contribution < 1.29 is 9.05 Å². The quantitative estimate of drug-likeness (QED) is 0.424. The van der Waals surface area contributed by atoms with Crippen LogP contribution in [0.15, 0.2) is 0 Å². The van der Waals surface area contributed by atoms with Crippen LogP contribution in [0.1, 0.15) is 26.2 Å². The van der Waals surface area contributed by atoms with Crippen molar-refractivity contribution in [2.75, 3.05) is 13.2 Å². The van der Waals surface area contributed by atoms with Gasteiger partial charge in [-0.05, 0) is 24.6 Å². The molecule has 0 saturated heterocycles. The second-order valence-electron chi connectivity index (χ2n) is 3.21. The summed E-state index contributed by atoms with van der Waals surface area (Å²) in [5.41, 5.74) is 0. The summed E-state index contributed by atoms with van der Waals surface area (Å²) < 4.78 is 17.2. The highest BCUT2D eigenvalue weighted by Gasteiger charge is 2.38. The van der Waals surface area contributed by atoms with Gasteiger partial charge < -0.3 is 9.05 Å². The Morgan fingerprint density at radius 3 is 3.00 bits per heavy atom. The third-order valence-corrected chi connectivity index (χ3v) is 2.11. The van der Waals surface area contributed by atoms with Gasteiger partial charge in [0.25, 0.3) is 0 Å². The molecular formula is C8H15BFO. The van der Waals surface area contributed by atoms with E-state index in [1.807, 2.05) is 0 Å². The van der Waals surface area contributed by atoms with Crippen LogP contribution in [0.3, 0.4) is 0 Å². The topological polar surface area (TPSA) is 9.23 Å². The molecule has 11 heavy (non-hydrogen) atoms. The summed E-state index contributed by atoms with van der Waals surface area (Å²) in [7, 11) is 0.799. The van der Waals surface area contributed by atoms with Crippen LogP contribution in [0.4, 0.5) is 4.32 Å². The third kappa shape index (κ3) is 3.23. The van der Waals surface area contributed by atoms with E-state index in [-0.39, 0.29) is 5.82 Å². The van der Waals surface area contributed by atoms with Gasteiger partial charge in [0.1, 0.15) is 0 Å². The summed E-state index contributed by atoms with van der Waals surface area (Å²) in [6.45, 7) is 3.73. The monoisotopic (exact) mass is 157 g/mol. The van der Waals surface area contributed by atoms with E-state index in [9.17, 15) is 4.32 Å². The molecule has 2 unspecified atom stereocenters. The summed E-state index contributed by atoms with van der Waals surface area (Å²) in [5, 5.41) is 0. The maximum Gasteiger partial charge on any atom is 0.358 e. The Hall–Kier alpha value is -0.0451. The lowest BCUT2D eigenvalue weighted by molar-refractivity contribution is 0.121. The zero-order valence-corrected chi connectivity index (χ0v) is 7.05. The van der Waals surface area contributed by atoms with Gasteiger partial charge in [0.15, 0.2) is 0 Å². The average Bonchev–Trinajstić information content (AvgIpc) is 2.77. The number of hydrogen-bond acceptors (Lipinski definition) is 1. The molecule has 1 saturated carbocycles. The van der Waals surface area contributed by atoms with E-state index in [0.29, 0.717) is 5.92 Å². The lowest BCUT2D eigenvalue weighted by atomic mass is 9.95. The largest absolute Gasteiger partial charge is 0.381 e. The van der Waals surface area contributed by atoms with Gasteiger partial charge in [-0.1, -0.05) is 13.3 Å². The summed E-state index contributed by atoms with van der Waals surface area (Å²) in [6, 6.07) is 0. The summed E-state index contributed by atoms with van der Waals surface area (Å²) in [4.78, 5) is 0. The molecule has 3 heteroatoms. The van der Waals surface area contributed by atoms with Crippen LogP contribution >= 0.6 is 0 Å². The lowest BCUT2D eigenvalue weighted by Crippen LogP contribution is -1.99. The van der Waals surface area contributed by atoms with Gasteiger partial charge in [-0.25, -0.2) is 0 Å². The molecule has 0 aromatic carbocycles. The molecule has 0 aromatic rings. The molecular weight excluding hydrogens is 142 g/mol. The standard InChI is InChI=1S/C8H15BFO/c1-2-3-4-11-6-7-5-8(7)9-10/h7-8H,2-6H2,1H3. The van der Waals surface area contributed by atoms with E-state index in [2.05, 4.69) is 6.92 Å². The third-order valence-electron chi connectivity index (χ3n) is 2.11. The van der Waals surface area contributed by atoms with Crippen molar-refractivity contribution in [1.82, 2.24) is 0 Å². The molecule has 1 nitrogen and oxygen atoms in total. The minimum atomic E-state index is 0.205. The Morgan fingerprint density at radius 2 is 2.45 bits per heavy atom. The van der Waals surface area contributed by atoms with Crippen molar-refractivity contribution in [1.29, 1.82) is 0 Å². The Balaban J connectivity index is 1.82. The lowest BCUT2D eigenvalue weighted by Gasteiger charge is -2.00. The highest BCUT2D eigenvalue weighted by Crippen LogP contribution is 2.44. The first-order valence-electron chi connectivity index (χ1n) is 4.39. The van der Waals surface area contributed by atoms with Crippen LogP contribution in [0.5, 0.6) is 0 Å². The zero-order chi connectivity index (χ0) is 8.10. The SMILES string of the molecule is CCCCOCC1CC1[B]F. The Bertz CT molecular complexity index is 110. The van der Waals surface area contributed by atoms with Crippen molar-refractivity contribution >= 4 is 7.56 Å².